The molecule has 1 N–H and O–H groups in total. The van der Waals surface area contributed by atoms with E-state index in [1.807, 2.05) is 0 Å². The molecule has 1 aliphatic rings. The van der Waals surface area contributed by atoms with Gasteiger partial charge in [-0.3, -0.25) is 9.59 Å². The fraction of sp³-hybridized carbons (Fsp3) is 0.833. The summed E-state index contributed by atoms with van der Waals surface area (Å²) in [4.78, 5) is 22.3. The van der Waals surface area contributed by atoms with Crippen molar-refractivity contribution in [3.05, 3.63) is 0 Å². The maximum atomic E-state index is 11.2. The summed E-state index contributed by atoms with van der Waals surface area (Å²) in [7, 11) is 2.86. The van der Waals surface area contributed by atoms with Gasteiger partial charge in [0.05, 0.1) is 6.61 Å². The monoisotopic (exact) mass is 292 g/mol. The van der Waals surface area contributed by atoms with E-state index in [2.05, 4.69) is 0 Å². The van der Waals surface area contributed by atoms with Crippen LogP contribution >= 0.6 is 0 Å². The maximum absolute atomic E-state index is 11.2. The zero-order chi connectivity index (χ0) is 15.3. The average Bonchev–Trinajstić information content (AvgIpc) is 2.33. The van der Waals surface area contributed by atoms with E-state index in [1.165, 1.54) is 28.1 Å². The van der Waals surface area contributed by atoms with Crippen molar-refractivity contribution in [3.8, 4) is 0 Å². The quantitative estimate of drug-likeness (QED) is 0.659. The molecule has 0 saturated carbocycles. The first-order valence-electron chi connectivity index (χ1n) is 6.10. The van der Waals surface area contributed by atoms with Gasteiger partial charge in [-0.05, 0) is 0 Å². The third kappa shape index (κ3) is 4.14. The summed E-state index contributed by atoms with van der Waals surface area (Å²) in [6.07, 6.45) is -4.96. The zero-order valence-corrected chi connectivity index (χ0v) is 11.9. The number of carbonyl (C=O) groups is 2. The Hall–Kier alpha value is -1.22. The smallest absolute Gasteiger partial charge is 0.303 e. The van der Waals surface area contributed by atoms with Crippen molar-refractivity contribution in [2.24, 2.45) is 0 Å². The molecule has 8 nitrogen and oxygen atoms in total. The highest BCUT2D eigenvalue weighted by molar-refractivity contribution is 5.67. The molecule has 0 spiro atoms. The van der Waals surface area contributed by atoms with Gasteiger partial charge in [0.2, 0.25) is 0 Å². The number of rotatable bonds is 5. The number of methoxy groups -OCH3 is 2. The predicted molar refractivity (Wildman–Crippen MR) is 64.7 cm³/mol. The second kappa shape index (κ2) is 7.53. The normalized spacial score (nSPS) is 33.5. The topological polar surface area (TPSA) is 101 Å². The van der Waals surface area contributed by atoms with Crippen LogP contribution in [0.4, 0.5) is 0 Å². The molecule has 0 aromatic carbocycles. The molecule has 1 saturated heterocycles. The first-order valence-corrected chi connectivity index (χ1v) is 6.10. The number of carbonyl (C=O) groups excluding carboxylic acids is 2. The standard InChI is InChI=1S/C12H20O8/c1-6(13)18-10-9(17-4)8(5-16-3)20-12(15)11(10)19-7(2)14/h8-12,15H,5H2,1-4H3. The summed E-state index contributed by atoms with van der Waals surface area (Å²) >= 11 is 0. The minimum atomic E-state index is -1.44. The molecule has 1 rings (SSSR count). The van der Waals surface area contributed by atoms with Crippen molar-refractivity contribution in [2.75, 3.05) is 20.8 Å². The van der Waals surface area contributed by atoms with E-state index in [1.54, 1.807) is 0 Å². The minimum absolute atomic E-state index is 0.125. The highest BCUT2D eigenvalue weighted by Crippen LogP contribution is 2.27. The van der Waals surface area contributed by atoms with E-state index >= 15 is 0 Å². The van der Waals surface area contributed by atoms with E-state index in [9.17, 15) is 14.7 Å². The van der Waals surface area contributed by atoms with Crippen LogP contribution in [0.2, 0.25) is 0 Å². The van der Waals surface area contributed by atoms with Crippen LogP contribution in [0.1, 0.15) is 13.8 Å². The Morgan fingerprint density at radius 3 is 2.05 bits per heavy atom. The molecule has 5 atom stereocenters. The van der Waals surface area contributed by atoms with Gasteiger partial charge in [-0.25, -0.2) is 0 Å². The lowest BCUT2D eigenvalue weighted by Crippen LogP contribution is -2.61. The Balaban J connectivity index is 2.97. The van der Waals surface area contributed by atoms with Gasteiger partial charge in [0.1, 0.15) is 12.2 Å². The number of esters is 2. The van der Waals surface area contributed by atoms with Gasteiger partial charge in [-0.15, -0.1) is 0 Å². The highest BCUT2D eigenvalue weighted by atomic mass is 16.7. The number of hydrogen-bond acceptors (Lipinski definition) is 8. The Morgan fingerprint density at radius 2 is 1.60 bits per heavy atom. The number of ether oxygens (including phenoxy) is 5. The van der Waals surface area contributed by atoms with E-state index in [-0.39, 0.29) is 6.61 Å². The summed E-state index contributed by atoms with van der Waals surface area (Å²) in [5, 5.41) is 9.91. The number of aliphatic hydroxyl groups excluding tert-OH is 1. The number of hydrogen-bond donors (Lipinski definition) is 1. The van der Waals surface area contributed by atoms with Crippen molar-refractivity contribution in [1.29, 1.82) is 0 Å². The maximum Gasteiger partial charge on any atom is 0.303 e. The summed E-state index contributed by atoms with van der Waals surface area (Å²) in [5.41, 5.74) is 0. The van der Waals surface area contributed by atoms with E-state index in [0.717, 1.165) is 0 Å². The second-order valence-corrected chi connectivity index (χ2v) is 4.37. The fourth-order valence-corrected chi connectivity index (χ4v) is 2.12. The molecule has 0 radical (unpaired) electrons. The van der Waals surface area contributed by atoms with Crippen LogP contribution in [0.25, 0.3) is 0 Å². The summed E-state index contributed by atoms with van der Waals surface area (Å²) < 4.78 is 25.6. The Kier molecular flexibility index (Phi) is 6.34. The minimum Gasteiger partial charge on any atom is -0.455 e. The van der Waals surface area contributed by atoms with Crippen molar-refractivity contribution in [3.63, 3.8) is 0 Å². The SMILES string of the molecule is COCC1OC(O)C(OC(C)=O)C(OC(C)=O)C1OC. The molecule has 1 fully saturated rings. The first kappa shape index (κ1) is 16.8. The van der Waals surface area contributed by atoms with Gasteiger partial charge in [0, 0.05) is 28.1 Å². The molecule has 0 bridgehead atoms. The van der Waals surface area contributed by atoms with Crippen LogP contribution in [0.3, 0.4) is 0 Å². The van der Waals surface area contributed by atoms with Crippen LogP contribution in [0, 0.1) is 0 Å². The number of aliphatic hydroxyl groups is 1. The lowest BCUT2D eigenvalue weighted by Gasteiger charge is -2.42. The molecule has 1 heterocycles. The molecule has 0 aromatic heterocycles. The van der Waals surface area contributed by atoms with Crippen LogP contribution in [-0.4, -0.2) is 68.6 Å². The second-order valence-electron chi connectivity index (χ2n) is 4.37. The van der Waals surface area contributed by atoms with Crippen molar-refractivity contribution < 1.29 is 38.4 Å². The van der Waals surface area contributed by atoms with Gasteiger partial charge in [-0.2, -0.15) is 0 Å². The molecule has 1 aliphatic heterocycles. The molecular formula is C12H20O8. The van der Waals surface area contributed by atoms with Gasteiger partial charge in [0.15, 0.2) is 18.5 Å². The lowest BCUT2D eigenvalue weighted by atomic mass is 9.98. The molecule has 116 valence electrons. The predicted octanol–water partition coefficient (Wildman–Crippen LogP) is -0.772. The van der Waals surface area contributed by atoms with Gasteiger partial charge in [-0.1, -0.05) is 0 Å². The third-order valence-electron chi connectivity index (χ3n) is 2.82. The Morgan fingerprint density at radius 1 is 1.05 bits per heavy atom. The van der Waals surface area contributed by atoms with Crippen LogP contribution in [0.5, 0.6) is 0 Å². The molecular weight excluding hydrogens is 272 g/mol. The highest BCUT2D eigenvalue weighted by Gasteiger charge is 2.49. The molecule has 0 amide bonds. The fourth-order valence-electron chi connectivity index (χ4n) is 2.12. The van der Waals surface area contributed by atoms with Gasteiger partial charge in [0.25, 0.3) is 0 Å². The van der Waals surface area contributed by atoms with Crippen LogP contribution in [0.15, 0.2) is 0 Å². The van der Waals surface area contributed by atoms with Crippen molar-refractivity contribution in [2.45, 2.75) is 44.6 Å². The lowest BCUT2D eigenvalue weighted by molar-refractivity contribution is -0.297. The van der Waals surface area contributed by atoms with E-state index < -0.39 is 42.6 Å². The summed E-state index contributed by atoms with van der Waals surface area (Å²) in [6.45, 7) is 2.52. The molecule has 5 unspecified atom stereocenters. The largest absolute Gasteiger partial charge is 0.455 e. The Labute approximate surface area is 116 Å². The molecule has 0 aliphatic carbocycles. The Bertz CT molecular complexity index is 344. The molecule has 8 heteroatoms. The summed E-state index contributed by atoms with van der Waals surface area (Å²) in [6, 6.07) is 0. The van der Waals surface area contributed by atoms with Crippen LogP contribution < -0.4 is 0 Å². The molecule has 20 heavy (non-hydrogen) atoms. The van der Waals surface area contributed by atoms with Crippen molar-refractivity contribution >= 4 is 11.9 Å². The molecule has 0 aromatic rings. The first-order chi connectivity index (χ1) is 9.40. The zero-order valence-electron chi connectivity index (χ0n) is 11.9. The average molecular weight is 292 g/mol. The van der Waals surface area contributed by atoms with E-state index in [0.29, 0.717) is 0 Å². The van der Waals surface area contributed by atoms with Gasteiger partial charge >= 0.3 is 11.9 Å². The third-order valence-corrected chi connectivity index (χ3v) is 2.82. The van der Waals surface area contributed by atoms with Crippen LogP contribution in [-0.2, 0) is 33.3 Å². The van der Waals surface area contributed by atoms with Gasteiger partial charge < -0.3 is 28.8 Å². The summed E-state index contributed by atoms with van der Waals surface area (Å²) in [5.74, 6) is -1.21. The van der Waals surface area contributed by atoms with E-state index in [4.69, 9.17) is 23.7 Å². The van der Waals surface area contributed by atoms with Crippen molar-refractivity contribution in [1.82, 2.24) is 0 Å².